The SMILES string of the molecule is CC(=O)OC(C(=O)N1CC(=O)N2CCc3ccccc3C2C1)c1ccccc1. The Morgan fingerprint density at radius 2 is 1.79 bits per heavy atom. The molecule has 2 atom stereocenters. The minimum absolute atomic E-state index is 0.00208. The predicted molar refractivity (Wildman–Crippen MR) is 102 cm³/mol. The number of amides is 2. The Bertz CT molecular complexity index is 912. The minimum atomic E-state index is -1.04. The van der Waals surface area contributed by atoms with Crippen LogP contribution in [-0.4, -0.2) is 47.2 Å². The van der Waals surface area contributed by atoms with Crippen molar-refractivity contribution in [1.82, 2.24) is 9.80 Å². The van der Waals surface area contributed by atoms with Crippen molar-refractivity contribution in [3.8, 4) is 0 Å². The van der Waals surface area contributed by atoms with Crippen LogP contribution in [0, 0.1) is 0 Å². The zero-order chi connectivity index (χ0) is 19.7. The van der Waals surface area contributed by atoms with Crippen molar-refractivity contribution in [2.45, 2.75) is 25.5 Å². The Kier molecular flexibility index (Phi) is 4.86. The summed E-state index contributed by atoms with van der Waals surface area (Å²) in [5.74, 6) is -0.971. The molecule has 0 spiro atoms. The number of rotatable bonds is 3. The monoisotopic (exact) mass is 378 g/mol. The summed E-state index contributed by atoms with van der Waals surface area (Å²) in [5, 5.41) is 0. The van der Waals surface area contributed by atoms with E-state index >= 15 is 0 Å². The highest BCUT2D eigenvalue weighted by Crippen LogP contribution is 2.34. The first-order valence-corrected chi connectivity index (χ1v) is 9.43. The summed E-state index contributed by atoms with van der Waals surface area (Å²) < 4.78 is 5.34. The highest BCUT2D eigenvalue weighted by Gasteiger charge is 2.40. The van der Waals surface area contributed by atoms with Gasteiger partial charge in [0.1, 0.15) is 0 Å². The molecule has 2 aliphatic rings. The molecular formula is C22H22N2O4. The van der Waals surface area contributed by atoms with Crippen LogP contribution in [0.25, 0.3) is 0 Å². The molecule has 0 aromatic heterocycles. The van der Waals surface area contributed by atoms with E-state index in [2.05, 4.69) is 6.07 Å². The fourth-order valence-corrected chi connectivity index (χ4v) is 4.06. The van der Waals surface area contributed by atoms with Crippen molar-refractivity contribution >= 4 is 17.8 Å². The van der Waals surface area contributed by atoms with Gasteiger partial charge in [0.2, 0.25) is 12.0 Å². The number of fused-ring (bicyclic) bond motifs is 3. The van der Waals surface area contributed by atoms with E-state index < -0.39 is 12.1 Å². The molecule has 6 heteroatoms. The largest absolute Gasteiger partial charge is 0.447 e. The number of esters is 1. The minimum Gasteiger partial charge on any atom is -0.447 e. The number of ether oxygens (including phenoxy) is 1. The maximum absolute atomic E-state index is 13.2. The highest BCUT2D eigenvalue weighted by atomic mass is 16.5. The van der Waals surface area contributed by atoms with Gasteiger partial charge in [-0.25, -0.2) is 0 Å². The van der Waals surface area contributed by atoms with Gasteiger partial charge in [0.15, 0.2) is 0 Å². The lowest BCUT2D eigenvalue weighted by Gasteiger charge is -2.45. The Labute approximate surface area is 163 Å². The van der Waals surface area contributed by atoms with Crippen LogP contribution in [0.2, 0.25) is 0 Å². The second kappa shape index (κ2) is 7.46. The number of hydrogen-bond donors (Lipinski definition) is 0. The van der Waals surface area contributed by atoms with E-state index in [1.807, 2.05) is 29.2 Å². The molecule has 0 aliphatic carbocycles. The summed E-state index contributed by atoms with van der Waals surface area (Å²) in [4.78, 5) is 41.0. The lowest BCUT2D eigenvalue weighted by atomic mass is 9.90. The van der Waals surface area contributed by atoms with Gasteiger partial charge >= 0.3 is 5.97 Å². The van der Waals surface area contributed by atoms with Gasteiger partial charge in [-0.15, -0.1) is 0 Å². The lowest BCUT2D eigenvalue weighted by Crippen LogP contribution is -2.56. The number of carbonyl (C=O) groups excluding carboxylic acids is 3. The van der Waals surface area contributed by atoms with E-state index in [1.165, 1.54) is 17.4 Å². The molecule has 1 saturated heterocycles. The first-order valence-electron chi connectivity index (χ1n) is 9.43. The predicted octanol–water partition coefficient (Wildman–Crippen LogP) is 2.26. The quantitative estimate of drug-likeness (QED) is 0.769. The molecule has 4 rings (SSSR count). The van der Waals surface area contributed by atoms with E-state index in [1.54, 1.807) is 24.3 Å². The Balaban J connectivity index is 1.63. The molecule has 2 heterocycles. The smallest absolute Gasteiger partial charge is 0.303 e. The summed E-state index contributed by atoms with van der Waals surface area (Å²) in [7, 11) is 0. The molecule has 2 unspecified atom stereocenters. The normalized spacial score (nSPS) is 19.5. The van der Waals surface area contributed by atoms with Crippen LogP contribution in [-0.2, 0) is 25.5 Å². The van der Waals surface area contributed by atoms with Gasteiger partial charge in [-0.3, -0.25) is 14.4 Å². The lowest BCUT2D eigenvalue weighted by molar-refractivity contribution is -0.163. The molecular weight excluding hydrogens is 356 g/mol. The number of benzene rings is 2. The molecule has 6 nitrogen and oxygen atoms in total. The summed E-state index contributed by atoms with van der Waals surface area (Å²) >= 11 is 0. The Morgan fingerprint density at radius 1 is 1.07 bits per heavy atom. The second-order valence-corrected chi connectivity index (χ2v) is 7.17. The van der Waals surface area contributed by atoms with Crippen molar-refractivity contribution < 1.29 is 19.1 Å². The number of piperazine rings is 1. The molecule has 2 aromatic carbocycles. The number of nitrogens with zero attached hydrogens (tertiary/aromatic N) is 2. The van der Waals surface area contributed by atoms with E-state index in [0.29, 0.717) is 18.7 Å². The second-order valence-electron chi connectivity index (χ2n) is 7.17. The number of carbonyl (C=O) groups is 3. The third kappa shape index (κ3) is 3.38. The summed E-state index contributed by atoms with van der Waals surface area (Å²) in [5.41, 5.74) is 2.90. The van der Waals surface area contributed by atoms with Gasteiger partial charge in [-0.1, -0.05) is 54.6 Å². The molecule has 0 bridgehead atoms. The maximum atomic E-state index is 13.2. The zero-order valence-corrected chi connectivity index (χ0v) is 15.7. The van der Waals surface area contributed by atoms with Gasteiger partial charge in [0.25, 0.3) is 5.91 Å². The first kappa shape index (κ1) is 18.2. The van der Waals surface area contributed by atoms with Gasteiger partial charge in [0, 0.05) is 25.6 Å². The maximum Gasteiger partial charge on any atom is 0.303 e. The standard InChI is InChI=1S/C22H22N2O4/c1-15(25)28-21(17-8-3-2-4-9-17)22(27)23-13-19-18-10-6-5-7-16(18)11-12-24(19)20(26)14-23/h2-10,19,21H,11-14H2,1H3. The van der Waals surface area contributed by atoms with Crippen molar-refractivity contribution in [2.75, 3.05) is 19.6 Å². The Hall–Kier alpha value is -3.15. The van der Waals surface area contributed by atoms with Crippen LogP contribution in [0.15, 0.2) is 54.6 Å². The van der Waals surface area contributed by atoms with Crippen molar-refractivity contribution in [1.29, 1.82) is 0 Å². The molecule has 2 aliphatic heterocycles. The van der Waals surface area contributed by atoms with Crippen molar-refractivity contribution in [3.63, 3.8) is 0 Å². The zero-order valence-electron chi connectivity index (χ0n) is 15.7. The van der Waals surface area contributed by atoms with Gasteiger partial charge in [0.05, 0.1) is 12.6 Å². The van der Waals surface area contributed by atoms with Crippen LogP contribution >= 0.6 is 0 Å². The molecule has 0 saturated carbocycles. The van der Waals surface area contributed by atoms with Crippen LogP contribution < -0.4 is 0 Å². The third-order valence-corrected chi connectivity index (χ3v) is 5.37. The molecule has 144 valence electrons. The van der Waals surface area contributed by atoms with Gasteiger partial charge in [-0.05, 0) is 17.5 Å². The fraction of sp³-hybridized carbons (Fsp3) is 0.318. The van der Waals surface area contributed by atoms with E-state index in [9.17, 15) is 14.4 Å². The van der Waals surface area contributed by atoms with Crippen molar-refractivity contribution in [3.05, 3.63) is 71.3 Å². The van der Waals surface area contributed by atoms with E-state index in [-0.39, 0.29) is 24.4 Å². The van der Waals surface area contributed by atoms with E-state index in [0.717, 1.165) is 12.0 Å². The summed E-state index contributed by atoms with van der Waals surface area (Å²) in [6.45, 7) is 2.34. The average molecular weight is 378 g/mol. The van der Waals surface area contributed by atoms with Crippen molar-refractivity contribution in [2.24, 2.45) is 0 Å². The summed E-state index contributed by atoms with van der Waals surface area (Å²) in [6, 6.07) is 16.8. The van der Waals surface area contributed by atoms with Crippen LogP contribution in [0.4, 0.5) is 0 Å². The molecule has 0 radical (unpaired) electrons. The Morgan fingerprint density at radius 3 is 2.54 bits per heavy atom. The topological polar surface area (TPSA) is 66.9 Å². The molecule has 1 fully saturated rings. The van der Waals surface area contributed by atoms with Gasteiger partial charge in [-0.2, -0.15) is 0 Å². The number of hydrogen-bond acceptors (Lipinski definition) is 4. The van der Waals surface area contributed by atoms with E-state index in [4.69, 9.17) is 4.74 Å². The highest BCUT2D eigenvalue weighted by molar-refractivity contribution is 5.90. The third-order valence-electron chi connectivity index (χ3n) is 5.37. The molecule has 0 N–H and O–H groups in total. The summed E-state index contributed by atoms with van der Waals surface area (Å²) in [6.07, 6.45) is -0.219. The molecule has 2 aromatic rings. The van der Waals surface area contributed by atoms with Crippen LogP contribution in [0.1, 0.15) is 35.8 Å². The fourth-order valence-electron chi connectivity index (χ4n) is 4.06. The van der Waals surface area contributed by atoms with Crippen LogP contribution in [0.3, 0.4) is 0 Å². The molecule has 2 amide bonds. The van der Waals surface area contributed by atoms with Gasteiger partial charge < -0.3 is 14.5 Å². The van der Waals surface area contributed by atoms with Crippen LogP contribution in [0.5, 0.6) is 0 Å². The molecule has 28 heavy (non-hydrogen) atoms. The first-order chi connectivity index (χ1) is 13.5. The average Bonchev–Trinajstić information content (AvgIpc) is 2.71.